The molecule has 0 aromatic heterocycles. The Balaban J connectivity index is 2.10. The Hall–Kier alpha value is -0.340. The Labute approximate surface area is 126 Å². The Morgan fingerprint density at radius 2 is 1.74 bits per heavy atom. The van der Waals surface area contributed by atoms with Crippen LogP contribution in [-0.2, 0) is 5.41 Å². The van der Waals surface area contributed by atoms with Crippen molar-refractivity contribution in [2.24, 2.45) is 11.3 Å². The first kappa shape index (κ1) is 15.1. The summed E-state index contributed by atoms with van der Waals surface area (Å²) >= 11 is 3.53. The molecule has 2 heteroatoms. The normalized spacial score (nSPS) is 20.3. The molecule has 1 N–H and O–H groups in total. The second-order valence-electron chi connectivity index (χ2n) is 7.33. The Morgan fingerprint density at radius 1 is 1.16 bits per heavy atom. The molecule has 1 aliphatic carbocycles. The van der Waals surface area contributed by atoms with Crippen molar-refractivity contribution < 1.29 is 0 Å². The zero-order chi connectivity index (χ0) is 14.1. The summed E-state index contributed by atoms with van der Waals surface area (Å²) in [5.41, 5.74) is 2.33. The lowest BCUT2D eigenvalue weighted by Gasteiger charge is -2.54. The van der Waals surface area contributed by atoms with Crippen molar-refractivity contribution >= 4 is 15.9 Å². The quantitative estimate of drug-likeness (QED) is 0.824. The molecule has 0 atom stereocenters. The van der Waals surface area contributed by atoms with Gasteiger partial charge in [-0.2, -0.15) is 0 Å². The van der Waals surface area contributed by atoms with Gasteiger partial charge in [0.2, 0.25) is 0 Å². The predicted octanol–water partition coefficient (Wildman–Crippen LogP) is 4.75. The van der Waals surface area contributed by atoms with Crippen LogP contribution in [0, 0.1) is 11.3 Å². The van der Waals surface area contributed by atoms with E-state index in [0.29, 0.717) is 10.8 Å². The van der Waals surface area contributed by atoms with Crippen LogP contribution in [0.4, 0.5) is 0 Å². The highest BCUT2D eigenvalue weighted by molar-refractivity contribution is 9.10. The highest BCUT2D eigenvalue weighted by atomic mass is 79.9. The summed E-state index contributed by atoms with van der Waals surface area (Å²) in [5.74, 6) is 0.718. The zero-order valence-corrected chi connectivity index (χ0v) is 14.2. The highest BCUT2D eigenvalue weighted by Crippen LogP contribution is 2.55. The molecule has 0 amide bonds. The molecule has 1 saturated carbocycles. The van der Waals surface area contributed by atoms with Crippen molar-refractivity contribution in [3.05, 3.63) is 34.3 Å². The molecule has 2 rings (SSSR count). The summed E-state index contributed by atoms with van der Waals surface area (Å²) in [4.78, 5) is 0. The maximum atomic E-state index is 3.67. The summed E-state index contributed by atoms with van der Waals surface area (Å²) in [5, 5.41) is 3.67. The van der Waals surface area contributed by atoms with E-state index in [1.54, 1.807) is 0 Å². The molecule has 0 aliphatic heterocycles. The van der Waals surface area contributed by atoms with Gasteiger partial charge in [-0.15, -0.1) is 0 Å². The van der Waals surface area contributed by atoms with Crippen molar-refractivity contribution in [1.82, 2.24) is 5.32 Å². The fourth-order valence-corrected chi connectivity index (χ4v) is 3.88. The molecule has 106 valence electrons. The lowest BCUT2D eigenvalue weighted by molar-refractivity contribution is 0.0558. The summed E-state index contributed by atoms with van der Waals surface area (Å²) < 4.78 is 1.17. The smallest absolute Gasteiger partial charge is 0.0175 e. The number of nitrogens with one attached hydrogen (secondary N) is 1. The van der Waals surface area contributed by atoms with Crippen molar-refractivity contribution in [2.45, 2.75) is 46.0 Å². The SMILES string of the molecule is CC(C)CNCC1(c2ccc(Br)cc2)CC(C)(C)C1. The zero-order valence-electron chi connectivity index (χ0n) is 12.6. The summed E-state index contributed by atoms with van der Waals surface area (Å²) in [6.45, 7) is 11.5. The topological polar surface area (TPSA) is 12.0 Å². The first-order valence-corrected chi connectivity index (χ1v) is 8.09. The summed E-state index contributed by atoms with van der Waals surface area (Å²) in [6.07, 6.45) is 2.57. The van der Waals surface area contributed by atoms with E-state index in [0.717, 1.165) is 19.0 Å². The average Bonchev–Trinajstić information content (AvgIpc) is 2.26. The Bertz CT molecular complexity index is 411. The van der Waals surface area contributed by atoms with Gasteiger partial charge in [0, 0.05) is 16.4 Å². The maximum absolute atomic E-state index is 3.67. The van der Waals surface area contributed by atoms with Crippen LogP contribution < -0.4 is 5.32 Å². The van der Waals surface area contributed by atoms with Gasteiger partial charge in [0.1, 0.15) is 0 Å². The van der Waals surface area contributed by atoms with Crippen molar-refractivity contribution in [3.63, 3.8) is 0 Å². The summed E-state index contributed by atoms with van der Waals surface area (Å²) in [6, 6.07) is 8.92. The first-order chi connectivity index (χ1) is 8.83. The molecular formula is C17H26BrN. The molecule has 1 nitrogen and oxygen atoms in total. The fourth-order valence-electron chi connectivity index (χ4n) is 3.62. The largest absolute Gasteiger partial charge is 0.316 e. The van der Waals surface area contributed by atoms with Crippen molar-refractivity contribution in [2.75, 3.05) is 13.1 Å². The number of halogens is 1. The third kappa shape index (κ3) is 3.61. The van der Waals surface area contributed by atoms with E-state index in [1.165, 1.54) is 22.9 Å². The monoisotopic (exact) mass is 323 g/mol. The minimum Gasteiger partial charge on any atom is -0.316 e. The van der Waals surface area contributed by atoms with Crippen LogP contribution in [0.25, 0.3) is 0 Å². The van der Waals surface area contributed by atoms with E-state index in [9.17, 15) is 0 Å². The Morgan fingerprint density at radius 3 is 2.21 bits per heavy atom. The van der Waals surface area contributed by atoms with Gasteiger partial charge in [0.25, 0.3) is 0 Å². The third-order valence-electron chi connectivity index (χ3n) is 4.11. The molecule has 1 aliphatic rings. The molecule has 0 unspecified atom stereocenters. The third-order valence-corrected chi connectivity index (χ3v) is 4.64. The van der Waals surface area contributed by atoms with Gasteiger partial charge in [-0.1, -0.05) is 55.8 Å². The molecule has 0 bridgehead atoms. The van der Waals surface area contributed by atoms with Gasteiger partial charge in [0.05, 0.1) is 0 Å². The Kier molecular flexibility index (Phi) is 4.42. The number of hydrogen-bond acceptors (Lipinski definition) is 1. The van der Waals surface area contributed by atoms with Gasteiger partial charge in [0.15, 0.2) is 0 Å². The van der Waals surface area contributed by atoms with E-state index in [2.05, 4.69) is 73.2 Å². The highest BCUT2D eigenvalue weighted by Gasteiger charge is 2.49. The van der Waals surface area contributed by atoms with E-state index >= 15 is 0 Å². The van der Waals surface area contributed by atoms with Crippen LogP contribution >= 0.6 is 15.9 Å². The predicted molar refractivity (Wildman–Crippen MR) is 86.5 cm³/mol. The van der Waals surface area contributed by atoms with Crippen molar-refractivity contribution in [3.8, 4) is 0 Å². The van der Waals surface area contributed by atoms with Crippen LogP contribution in [-0.4, -0.2) is 13.1 Å². The van der Waals surface area contributed by atoms with Crippen LogP contribution in [0.3, 0.4) is 0 Å². The van der Waals surface area contributed by atoms with Gasteiger partial charge in [-0.05, 0) is 48.4 Å². The lowest BCUT2D eigenvalue weighted by Crippen LogP contribution is -2.52. The first-order valence-electron chi connectivity index (χ1n) is 7.30. The molecule has 0 saturated heterocycles. The second kappa shape index (κ2) is 5.57. The molecule has 0 radical (unpaired) electrons. The molecule has 0 spiro atoms. The molecule has 19 heavy (non-hydrogen) atoms. The molecule has 1 aromatic carbocycles. The van der Waals surface area contributed by atoms with E-state index in [4.69, 9.17) is 0 Å². The summed E-state index contributed by atoms with van der Waals surface area (Å²) in [7, 11) is 0. The van der Waals surface area contributed by atoms with E-state index in [1.807, 2.05) is 0 Å². The van der Waals surface area contributed by atoms with E-state index in [-0.39, 0.29) is 0 Å². The minimum absolute atomic E-state index is 0.346. The van der Waals surface area contributed by atoms with Crippen LogP contribution in [0.1, 0.15) is 46.1 Å². The molecular weight excluding hydrogens is 298 g/mol. The lowest BCUT2D eigenvalue weighted by atomic mass is 9.52. The standard InChI is InChI=1S/C17H26BrN/c1-13(2)9-19-12-17(10-16(3,4)11-17)14-5-7-15(18)8-6-14/h5-8,13,19H,9-12H2,1-4H3. The van der Waals surface area contributed by atoms with Crippen LogP contribution in [0.2, 0.25) is 0 Å². The maximum Gasteiger partial charge on any atom is 0.0175 e. The molecule has 1 aromatic rings. The van der Waals surface area contributed by atoms with Crippen LogP contribution in [0.15, 0.2) is 28.7 Å². The molecule has 0 heterocycles. The van der Waals surface area contributed by atoms with Gasteiger partial charge < -0.3 is 5.32 Å². The average molecular weight is 324 g/mol. The fraction of sp³-hybridized carbons (Fsp3) is 0.647. The van der Waals surface area contributed by atoms with Crippen molar-refractivity contribution in [1.29, 1.82) is 0 Å². The number of hydrogen-bond donors (Lipinski definition) is 1. The van der Waals surface area contributed by atoms with Gasteiger partial charge in [-0.25, -0.2) is 0 Å². The van der Waals surface area contributed by atoms with Gasteiger partial charge in [-0.3, -0.25) is 0 Å². The number of rotatable bonds is 5. The number of benzene rings is 1. The minimum atomic E-state index is 0.346. The van der Waals surface area contributed by atoms with E-state index < -0.39 is 0 Å². The molecule has 1 fully saturated rings. The second-order valence-corrected chi connectivity index (χ2v) is 8.25. The van der Waals surface area contributed by atoms with Crippen LogP contribution in [0.5, 0.6) is 0 Å². The van der Waals surface area contributed by atoms with Gasteiger partial charge >= 0.3 is 0 Å².